The molecule has 0 saturated heterocycles. The third-order valence-electron chi connectivity index (χ3n) is 3.03. The van der Waals surface area contributed by atoms with Crippen molar-refractivity contribution in [3.05, 3.63) is 0 Å². The molecule has 0 heterocycles. The topological polar surface area (TPSA) is 74.6 Å². The van der Waals surface area contributed by atoms with E-state index in [2.05, 4.69) is 0 Å². The molecule has 0 radical (unpaired) electrons. The van der Waals surface area contributed by atoms with Crippen LogP contribution in [0.25, 0.3) is 0 Å². The highest BCUT2D eigenvalue weighted by atomic mass is 16.4. The van der Waals surface area contributed by atoms with E-state index < -0.39 is 17.4 Å². The maximum absolute atomic E-state index is 11.1. The Kier molecular flexibility index (Phi) is 3.13. The van der Waals surface area contributed by atoms with Crippen LogP contribution in [-0.4, -0.2) is 22.2 Å². The summed E-state index contributed by atoms with van der Waals surface area (Å²) in [6.07, 6.45) is 2.58. The largest absolute Gasteiger partial charge is 0.481 e. The number of rotatable bonds is 3. The molecule has 1 saturated carbocycles. The second-order valence-electron chi connectivity index (χ2n) is 4.36. The van der Waals surface area contributed by atoms with Crippen molar-refractivity contribution in [2.75, 3.05) is 0 Å². The van der Waals surface area contributed by atoms with Gasteiger partial charge in [0.25, 0.3) is 0 Å². The van der Waals surface area contributed by atoms with Crippen molar-refractivity contribution in [1.29, 1.82) is 0 Å². The van der Waals surface area contributed by atoms with Gasteiger partial charge in [-0.05, 0) is 18.8 Å². The molecule has 0 aromatic heterocycles. The maximum atomic E-state index is 11.1. The normalized spacial score (nSPS) is 32.5. The van der Waals surface area contributed by atoms with Crippen LogP contribution < -0.4 is 0 Å². The molecule has 2 atom stereocenters. The molecule has 0 aromatic rings. The molecule has 0 aliphatic heterocycles. The lowest BCUT2D eigenvalue weighted by atomic mass is 9.68. The van der Waals surface area contributed by atoms with Gasteiger partial charge >= 0.3 is 11.9 Å². The van der Waals surface area contributed by atoms with Crippen LogP contribution in [0.2, 0.25) is 0 Å². The van der Waals surface area contributed by atoms with Crippen molar-refractivity contribution in [2.24, 2.45) is 11.3 Å². The lowest BCUT2D eigenvalue weighted by Crippen LogP contribution is -2.37. The molecular formula is C10H16O4. The van der Waals surface area contributed by atoms with E-state index in [1.165, 1.54) is 0 Å². The summed E-state index contributed by atoms with van der Waals surface area (Å²) < 4.78 is 0. The number of hydrogen-bond acceptors (Lipinski definition) is 2. The van der Waals surface area contributed by atoms with Gasteiger partial charge in [-0.25, -0.2) is 0 Å². The number of aliphatic carboxylic acids is 2. The number of carboxylic acid groups (broad SMARTS) is 2. The SMILES string of the molecule is C[C@@H]1CCC[C@](CC(=O)O)(C(=O)O)C1. The Morgan fingerprint density at radius 3 is 2.50 bits per heavy atom. The molecule has 0 bridgehead atoms. The Morgan fingerprint density at radius 2 is 2.07 bits per heavy atom. The first-order valence-electron chi connectivity index (χ1n) is 4.91. The first-order valence-corrected chi connectivity index (χ1v) is 4.91. The van der Waals surface area contributed by atoms with E-state index >= 15 is 0 Å². The van der Waals surface area contributed by atoms with E-state index in [-0.39, 0.29) is 6.42 Å². The summed E-state index contributed by atoms with van der Waals surface area (Å²) in [6, 6.07) is 0. The lowest BCUT2D eigenvalue weighted by Gasteiger charge is -2.35. The van der Waals surface area contributed by atoms with E-state index in [1.807, 2.05) is 6.92 Å². The zero-order chi connectivity index (χ0) is 10.8. The highest BCUT2D eigenvalue weighted by Gasteiger charge is 2.43. The number of carbonyl (C=O) groups is 2. The van der Waals surface area contributed by atoms with Crippen LogP contribution in [0.5, 0.6) is 0 Å². The van der Waals surface area contributed by atoms with Gasteiger partial charge in [0.15, 0.2) is 0 Å². The molecule has 4 heteroatoms. The minimum absolute atomic E-state index is 0.243. The predicted octanol–water partition coefficient (Wildman–Crippen LogP) is 1.74. The highest BCUT2D eigenvalue weighted by Crippen LogP contribution is 2.42. The maximum Gasteiger partial charge on any atom is 0.310 e. The molecule has 0 unspecified atom stereocenters. The van der Waals surface area contributed by atoms with E-state index in [4.69, 9.17) is 10.2 Å². The Hall–Kier alpha value is -1.06. The van der Waals surface area contributed by atoms with Crippen molar-refractivity contribution in [1.82, 2.24) is 0 Å². The molecule has 0 aromatic carbocycles. The molecule has 0 amide bonds. The van der Waals surface area contributed by atoms with E-state index in [0.717, 1.165) is 12.8 Å². The molecular weight excluding hydrogens is 184 g/mol. The zero-order valence-corrected chi connectivity index (χ0v) is 8.32. The molecule has 1 fully saturated rings. The van der Waals surface area contributed by atoms with Crippen molar-refractivity contribution in [2.45, 2.75) is 39.0 Å². The van der Waals surface area contributed by atoms with Crippen LogP contribution in [0.3, 0.4) is 0 Å². The van der Waals surface area contributed by atoms with Crippen molar-refractivity contribution < 1.29 is 19.8 Å². The van der Waals surface area contributed by atoms with Gasteiger partial charge in [-0.3, -0.25) is 9.59 Å². The fourth-order valence-electron chi connectivity index (χ4n) is 2.38. The minimum Gasteiger partial charge on any atom is -0.481 e. The zero-order valence-electron chi connectivity index (χ0n) is 8.32. The summed E-state index contributed by atoms with van der Waals surface area (Å²) >= 11 is 0. The monoisotopic (exact) mass is 200 g/mol. The second-order valence-corrected chi connectivity index (χ2v) is 4.36. The van der Waals surface area contributed by atoms with E-state index in [9.17, 15) is 9.59 Å². The average molecular weight is 200 g/mol. The van der Waals surface area contributed by atoms with Crippen molar-refractivity contribution in [3.63, 3.8) is 0 Å². The van der Waals surface area contributed by atoms with Crippen LogP contribution >= 0.6 is 0 Å². The molecule has 4 nitrogen and oxygen atoms in total. The summed E-state index contributed by atoms with van der Waals surface area (Å²) in [4.78, 5) is 21.7. The molecule has 80 valence electrons. The number of hydrogen-bond donors (Lipinski definition) is 2. The third-order valence-corrected chi connectivity index (χ3v) is 3.03. The molecule has 0 spiro atoms. The van der Waals surface area contributed by atoms with Gasteiger partial charge in [0, 0.05) is 0 Å². The molecule has 1 aliphatic rings. The van der Waals surface area contributed by atoms with Gasteiger partial charge in [0.1, 0.15) is 0 Å². The summed E-state index contributed by atoms with van der Waals surface area (Å²) in [5.41, 5.74) is -1.01. The second kappa shape index (κ2) is 3.98. The van der Waals surface area contributed by atoms with Crippen molar-refractivity contribution >= 4 is 11.9 Å². The van der Waals surface area contributed by atoms with Gasteiger partial charge in [0.2, 0.25) is 0 Å². The van der Waals surface area contributed by atoms with Crippen LogP contribution in [0, 0.1) is 11.3 Å². The smallest absolute Gasteiger partial charge is 0.310 e. The molecule has 1 rings (SSSR count). The van der Waals surface area contributed by atoms with Gasteiger partial charge in [0.05, 0.1) is 11.8 Å². The van der Waals surface area contributed by atoms with Gasteiger partial charge in [-0.1, -0.05) is 19.8 Å². The van der Waals surface area contributed by atoms with Crippen LogP contribution in [0.4, 0.5) is 0 Å². The van der Waals surface area contributed by atoms with Crippen LogP contribution in [-0.2, 0) is 9.59 Å². The Morgan fingerprint density at radius 1 is 1.43 bits per heavy atom. The third kappa shape index (κ3) is 2.25. The van der Waals surface area contributed by atoms with E-state index in [0.29, 0.717) is 18.8 Å². The Balaban J connectivity index is 2.80. The Bertz CT molecular complexity index is 249. The van der Waals surface area contributed by atoms with Crippen LogP contribution in [0.1, 0.15) is 39.0 Å². The fraction of sp³-hybridized carbons (Fsp3) is 0.800. The van der Waals surface area contributed by atoms with Gasteiger partial charge < -0.3 is 10.2 Å². The molecule has 2 N–H and O–H groups in total. The minimum atomic E-state index is -1.01. The predicted molar refractivity (Wildman–Crippen MR) is 50.0 cm³/mol. The highest BCUT2D eigenvalue weighted by molar-refractivity contribution is 5.81. The number of carboxylic acids is 2. The quantitative estimate of drug-likeness (QED) is 0.727. The van der Waals surface area contributed by atoms with Crippen molar-refractivity contribution in [3.8, 4) is 0 Å². The summed E-state index contributed by atoms with van der Waals surface area (Å²) in [5.74, 6) is -1.65. The molecule has 1 aliphatic carbocycles. The standard InChI is InChI=1S/C10H16O4/c1-7-3-2-4-10(5-7,9(13)14)6-8(11)12/h7H,2-6H2,1H3,(H,11,12)(H,13,14)/t7-,10+/m1/s1. The first kappa shape index (κ1) is 11.0. The first-order chi connectivity index (χ1) is 6.46. The summed E-state index contributed by atoms with van der Waals surface area (Å²) in [5, 5.41) is 17.8. The lowest BCUT2D eigenvalue weighted by molar-refractivity contribution is -0.158. The Labute approximate surface area is 82.9 Å². The van der Waals surface area contributed by atoms with Crippen LogP contribution in [0.15, 0.2) is 0 Å². The average Bonchev–Trinajstić information content (AvgIpc) is 2.02. The van der Waals surface area contributed by atoms with Gasteiger partial charge in [-0.15, -0.1) is 0 Å². The summed E-state index contributed by atoms with van der Waals surface area (Å²) in [7, 11) is 0. The summed E-state index contributed by atoms with van der Waals surface area (Å²) in [6.45, 7) is 1.98. The van der Waals surface area contributed by atoms with E-state index in [1.54, 1.807) is 0 Å². The fourth-order valence-corrected chi connectivity index (χ4v) is 2.38. The molecule has 14 heavy (non-hydrogen) atoms. The van der Waals surface area contributed by atoms with Gasteiger partial charge in [-0.2, -0.15) is 0 Å².